The average Bonchev–Trinajstić information content (AvgIpc) is 2.02. The van der Waals surface area contributed by atoms with Crippen LogP contribution in [0.2, 0.25) is 0 Å². The van der Waals surface area contributed by atoms with Crippen molar-refractivity contribution in [3.8, 4) is 0 Å². The fourth-order valence-corrected chi connectivity index (χ4v) is 0.875. The van der Waals surface area contributed by atoms with E-state index >= 15 is 0 Å². The Kier molecular flexibility index (Phi) is 6.07. The van der Waals surface area contributed by atoms with Gasteiger partial charge in [-0.05, 0) is 19.8 Å². The third kappa shape index (κ3) is 9.15. The molecule has 0 aromatic heterocycles. The SMILES string of the molecule is CCNC(=O)NCCCCC(F)(F)F. The predicted octanol–water partition coefficient (Wildman–Crippen LogP) is 2.04. The molecule has 0 unspecified atom stereocenters. The summed E-state index contributed by atoms with van der Waals surface area (Å²) in [5.41, 5.74) is 0. The first-order valence-electron chi connectivity index (χ1n) is 4.54. The molecule has 0 aliphatic heterocycles. The van der Waals surface area contributed by atoms with Gasteiger partial charge in [-0.15, -0.1) is 0 Å². The number of unbranched alkanes of at least 4 members (excludes halogenated alkanes) is 1. The van der Waals surface area contributed by atoms with Crippen LogP contribution in [0.15, 0.2) is 0 Å². The zero-order valence-corrected chi connectivity index (χ0v) is 8.08. The van der Waals surface area contributed by atoms with E-state index in [4.69, 9.17) is 0 Å². The number of carbonyl (C=O) groups excluding carboxylic acids is 1. The molecule has 14 heavy (non-hydrogen) atoms. The molecule has 0 atom stereocenters. The summed E-state index contributed by atoms with van der Waals surface area (Å²) in [5.74, 6) is 0. The largest absolute Gasteiger partial charge is 0.389 e. The maximum absolute atomic E-state index is 11.7. The third-order valence-electron chi connectivity index (χ3n) is 1.51. The van der Waals surface area contributed by atoms with Gasteiger partial charge in [0.05, 0.1) is 0 Å². The zero-order valence-electron chi connectivity index (χ0n) is 8.08. The van der Waals surface area contributed by atoms with Crippen LogP contribution >= 0.6 is 0 Å². The van der Waals surface area contributed by atoms with Gasteiger partial charge in [0.25, 0.3) is 0 Å². The highest BCUT2D eigenvalue weighted by molar-refractivity contribution is 5.73. The Hall–Kier alpha value is -0.940. The van der Waals surface area contributed by atoms with Gasteiger partial charge in [0.2, 0.25) is 0 Å². The van der Waals surface area contributed by atoms with Crippen LogP contribution in [0.1, 0.15) is 26.2 Å². The molecule has 0 rings (SSSR count). The van der Waals surface area contributed by atoms with Gasteiger partial charge < -0.3 is 10.6 Å². The van der Waals surface area contributed by atoms with Gasteiger partial charge >= 0.3 is 12.2 Å². The van der Waals surface area contributed by atoms with E-state index in [2.05, 4.69) is 10.6 Å². The number of rotatable bonds is 5. The zero-order chi connectivity index (χ0) is 11.0. The topological polar surface area (TPSA) is 41.1 Å². The van der Waals surface area contributed by atoms with Crippen LogP contribution in [0.5, 0.6) is 0 Å². The lowest BCUT2D eigenvalue weighted by Gasteiger charge is -2.07. The molecule has 0 aliphatic rings. The van der Waals surface area contributed by atoms with Crippen molar-refractivity contribution in [1.29, 1.82) is 0 Å². The standard InChI is InChI=1S/C8H15F3N2O/c1-2-12-7(14)13-6-4-3-5-8(9,10)11/h2-6H2,1H3,(H2,12,13,14). The molecule has 84 valence electrons. The van der Waals surface area contributed by atoms with Crippen LogP contribution < -0.4 is 10.6 Å². The minimum Gasteiger partial charge on any atom is -0.338 e. The fraction of sp³-hybridized carbons (Fsp3) is 0.875. The second-order valence-corrected chi connectivity index (χ2v) is 2.86. The molecule has 0 saturated heterocycles. The molecule has 0 bridgehead atoms. The van der Waals surface area contributed by atoms with E-state index in [-0.39, 0.29) is 19.0 Å². The van der Waals surface area contributed by atoms with Crippen molar-refractivity contribution in [2.24, 2.45) is 0 Å². The summed E-state index contributed by atoms with van der Waals surface area (Å²) in [6.45, 7) is 2.56. The molecule has 6 heteroatoms. The number of hydrogen-bond donors (Lipinski definition) is 2. The van der Waals surface area contributed by atoms with E-state index in [9.17, 15) is 18.0 Å². The number of halogens is 3. The lowest BCUT2D eigenvalue weighted by Crippen LogP contribution is -2.35. The first-order chi connectivity index (χ1) is 6.45. The summed E-state index contributed by atoms with van der Waals surface area (Å²) >= 11 is 0. The van der Waals surface area contributed by atoms with Gasteiger partial charge in [-0.3, -0.25) is 0 Å². The molecule has 0 aromatic carbocycles. The molecule has 0 aliphatic carbocycles. The number of nitrogens with one attached hydrogen (secondary N) is 2. The van der Waals surface area contributed by atoms with Crippen molar-refractivity contribution < 1.29 is 18.0 Å². The van der Waals surface area contributed by atoms with Crippen LogP contribution in [0.3, 0.4) is 0 Å². The average molecular weight is 212 g/mol. The Labute approximate surface area is 81.1 Å². The first kappa shape index (κ1) is 13.1. The molecular weight excluding hydrogens is 197 g/mol. The van der Waals surface area contributed by atoms with E-state index in [0.717, 1.165) is 0 Å². The van der Waals surface area contributed by atoms with Gasteiger partial charge in [0, 0.05) is 19.5 Å². The van der Waals surface area contributed by atoms with Crippen molar-refractivity contribution in [3.63, 3.8) is 0 Å². The molecule has 2 N–H and O–H groups in total. The minimum atomic E-state index is -4.09. The van der Waals surface area contributed by atoms with Crippen LogP contribution in [-0.4, -0.2) is 25.3 Å². The second-order valence-electron chi connectivity index (χ2n) is 2.86. The van der Waals surface area contributed by atoms with Crippen molar-refractivity contribution in [1.82, 2.24) is 10.6 Å². The highest BCUT2D eigenvalue weighted by Gasteiger charge is 2.25. The predicted molar refractivity (Wildman–Crippen MR) is 47.0 cm³/mol. The lowest BCUT2D eigenvalue weighted by atomic mass is 10.2. The highest BCUT2D eigenvalue weighted by atomic mass is 19.4. The minimum absolute atomic E-state index is 0.0515. The monoisotopic (exact) mass is 212 g/mol. The van der Waals surface area contributed by atoms with Crippen LogP contribution in [0.4, 0.5) is 18.0 Å². The smallest absolute Gasteiger partial charge is 0.338 e. The summed E-state index contributed by atoms with van der Waals surface area (Å²) in [6.07, 6.45) is -4.48. The molecule has 0 aromatic rings. The number of urea groups is 1. The summed E-state index contributed by atoms with van der Waals surface area (Å²) < 4.78 is 35.0. The van der Waals surface area contributed by atoms with Gasteiger partial charge in [-0.25, -0.2) is 4.79 Å². The van der Waals surface area contributed by atoms with E-state index in [1.165, 1.54) is 0 Å². The molecule has 0 radical (unpaired) electrons. The fourth-order valence-electron chi connectivity index (χ4n) is 0.875. The number of carbonyl (C=O) groups is 1. The molecule has 0 spiro atoms. The summed E-state index contributed by atoms with van der Waals surface area (Å²) in [4.78, 5) is 10.8. The lowest BCUT2D eigenvalue weighted by molar-refractivity contribution is -0.135. The number of alkyl halides is 3. The molecule has 0 fully saturated rings. The van der Waals surface area contributed by atoms with Crippen LogP contribution in [-0.2, 0) is 0 Å². The summed E-state index contributed by atoms with van der Waals surface area (Å²) in [6, 6.07) is -0.334. The Morgan fingerprint density at radius 1 is 1.21 bits per heavy atom. The maximum atomic E-state index is 11.7. The van der Waals surface area contributed by atoms with E-state index in [1.54, 1.807) is 6.92 Å². The van der Waals surface area contributed by atoms with Crippen molar-refractivity contribution in [3.05, 3.63) is 0 Å². The highest BCUT2D eigenvalue weighted by Crippen LogP contribution is 2.21. The molecule has 0 heterocycles. The van der Waals surface area contributed by atoms with Crippen LogP contribution in [0.25, 0.3) is 0 Å². The van der Waals surface area contributed by atoms with Crippen molar-refractivity contribution in [2.75, 3.05) is 13.1 Å². The Balaban J connectivity index is 3.26. The normalized spacial score (nSPS) is 11.1. The third-order valence-corrected chi connectivity index (χ3v) is 1.51. The molecule has 3 nitrogen and oxygen atoms in total. The van der Waals surface area contributed by atoms with E-state index in [0.29, 0.717) is 13.0 Å². The Bertz CT molecular complexity index is 170. The Morgan fingerprint density at radius 3 is 2.36 bits per heavy atom. The van der Waals surface area contributed by atoms with E-state index < -0.39 is 12.6 Å². The van der Waals surface area contributed by atoms with Crippen molar-refractivity contribution >= 4 is 6.03 Å². The van der Waals surface area contributed by atoms with Gasteiger partial charge in [0.15, 0.2) is 0 Å². The Morgan fingerprint density at radius 2 is 1.86 bits per heavy atom. The molecule has 2 amide bonds. The number of amides is 2. The second kappa shape index (κ2) is 6.50. The quantitative estimate of drug-likeness (QED) is 0.673. The first-order valence-corrected chi connectivity index (χ1v) is 4.54. The van der Waals surface area contributed by atoms with Gasteiger partial charge in [-0.1, -0.05) is 0 Å². The summed E-state index contributed by atoms with van der Waals surface area (Å²) in [5, 5.41) is 4.93. The van der Waals surface area contributed by atoms with Crippen LogP contribution in [0, 0.1) is 0 Å². The number of hydrogen-bond acceptors (Lipinski definition) is 1. The molecule has 0 saturated carbocycles. The molecular formula is C8H15F3N2O. The maximum Gasteiger partial charge on any atom is 0.389 e. The van der Waals surface area contributed by atoms with Crippen molar-refractivity contribution in [2.45, 2.75) is 32.4 Å². The van der Waals surface area contributed by atoms with E-state index in [1.807, 2.05) is 0 Å². The van der Waals surface area contributed by atoms with Gasteiger partial charge in [0.1, 0.15) is 0 Å². The summed E-state index contributed by atoms with van der Waals surface area (Å²) in [7, 11) is 0. The van der Waals surface area contributed by atoms with Gasteiger partial charge in [-0.2, -0.15) is 13.2 Å².